The lowest BCUT2D eigenvalue weighted by Crippen LogP contribution is -2.39. The molecule has 1 fully saturated rings. The molecule has 0 bridgehead atoms. The Bertz CT molecular complexity index is 654. The van der Waals surface area contributed by atoms with Crippen LogP contribution in [0.3, 0.4) is 0 Å². The fraction of sp³-hybridized carbons (Fsp3) is 0.375. The van der Waals surface area contributed by atoms with Crippen LogP contribution in [-0.4, -0.2) is 28.9 Å². The summed E-state index contributed by atoms with van der Waals surface area (Å²) in [5.74, 6) is 0.587. The monoisotopic (exact) mass is 302 g/mol. The van der Waals surface area contributed by atoms with Crippen LogP contribution in [0.25, 0.3) is 0 Å². The molecule has 1 aromatic heterocycles. The molecule has 1 aliphatic heterocycles. The number of nitrogens with one attached hydrogen (secondary N) is 1. The molecule has 1 N–H and O–H groups in total. The number of benzene rings is 1. The van der Waals surface area contributed by atoms with E-state index in [1.165, 1.54) is 5.56 Å². The Hall–Kier alpha value is -1.88. The Labute approximate surface area is 127 Å². The quantitative estimate of drug-likeness (QED) is 0.947. The number of thiazole rings is 1. The van der Waals surface area contributed by atoms with Gasteiger partial charge in [-0.25, -0.2) is 0 Å². The van der Waals surface area contributed by atoms with E-state index in [4.69, 9.17) is 0 Å². The van der Waals surface area contributed by atoms with Crippen LogP contribution in [0.2, 0.25) is 0 Å². The molecule has 0 unspecified atom stereocenters. The zero-order valence-electron chi connectivity index (χ0n) is 11.7. The standard InChI is InChI=1S/C16H18N2O2S/c19-15(14-11-21-16(20)17-14)18-8-6-13(7-9-18)10-12-4-2-1-3-5-12/h1-5,11,13H,6-10H2,(H,17,20). The fourth-order valence-electron chi connectivity index (χ4n) is 2.84. The van der Waals surface area contributed by atoms with Crippen LogP contribution < -0.4 is 4.87 Å². The zero-order valence-corrected chi connectivity index (χ0v) is 12.6. The Morgan fingerprint density at radius 3 is 2.57 bits per heavy atom. The van der Waals surface area contributed by atoms with Gasteiger partial charge in [-0.3, -0.25) is 9.59 Å². The highest BCUT2D eigenvalue weighted by Crippen LogP contribution is 2.22. The van der Waals surface area contributed by atoms with Crippen molar-refractivity contribution >= 4 is 17.2 Å². The van der Waals surface area contributed by atoms with Crippen molar-refractivity contribution in [2.75, 3.05) is 13.1 Å². The lowest BCUT2D eigenvalue weighted by molar-refractivity contribution is 0.0685. The second-order valence-corrected chi connectivity index (χ2v) is 6.33. The van der Waals surface area contributed by atoms with Gasteiger partial charge >= 0.3 is 4.87 Å². The zero-order chi connectivity index (χ0) is 14.7. The molecule has 0 atom stereocenters. The predicted octanol–water partition coefficient (Wildman–Crippen LogP) is 2.53. The number of H-pyrrole nitrogens is 1. The van der Waals surface area contributed by atoms with Crippen LogP contribution in [0.15, 0.2) is 40.5 Å². The van der Waals surface area contributed by atoms with Crippen LogP contribution in [0.4, 0.5) is 0 Å². The SMILES string of the molecule is O=C(c1csc(=O)[nH]1)N1CCC(Cc2ccccc2)CC1. The van der Waals surface area contributed by atoms with Gasteiger partial charge in [0.15, 0.2) is 0 Å². The van der Waals surface area contributed by atoms with Gasteiger partial charge in [-0.15, -0.1) is 0 Å². The molecule has 1 aromatic carbocycles. The number of piperidine rings is 1. The lowest BCUT2D eigenvalue weighted by Gasteiger charge is -2.31. The molecule has 3 rings (SSSR count). The minimum atomic E-state index is -0.169. The molecule has 21 heavy (non-hydrogen) atoms. The second kappa shape index (κ2) is 6.26. The van der Waals surface area contributed by atoms with Crippen molar-refractivity contribution in [1.82, 2.24) is 9.88 Å². The molecule has 0 saturated carbocycles. The summed E-state index contributed by atoms with van der Waals surface area (Å²) in [4.78, 5) is 27.6. The summed E-state index contributed by atoms with van der Waals surface area (Å²) in [5, 5.41) is 1.61. The molecule has 1 aliphatic rings. The maximum absolute atomic E-state index is 12.2. The molecular formula is C16H18N2O2S. The van der Waals surface area contributed by atoms with Crippen LogP contribution >= 0.6 is 11.3 Å². The van der Waals surface area contributed by atoms with E-state index in [0.29, 0.717) is 11.6 Å². The molecule has 0 spiro atoms. The van der Waals surface area contributed by atoms with Crippen molar-refractivity contribution in [2.45, 2.75) is 19.3 Å². The summed E-state index contributed by atoms with van der Waals surface area (Å²) in [5.41, 5.74) is 1.79. The van der Waals surface area contributed by atoms with E-state index in [1.54, 1.807) is 5.38 Å². The summed E-state index contributed by atoms with van der Waals surface area (Å²) in [6.45, 7) is 1.54. The molecule has 1 saturated heterocycles. The summed E-state index contributed by atoms with van der Waals surface area (Å²) in [7, 11) is 0. The van der Waals surface area contributed by atoms with Crippen LogP contribution in [0, 0.1) is 5.92 Å². The third-order valence-corrected chi connectivity index (χ3v) is 4.69. The largest absolute Gasteiger partial charge is 0.337 e. The van der Waals surface area contributed by atoms with E-state index in [9.17, 15) is 9.59 Å². The van der Waals surface area contributed by atoms with Crippen molar-refractivity contribution < 1.29 is 4.79 Å². The Kier molecular flexibility index (Phi) is 4.20. The summed E-state index contributed by atoms with van der Waals surface area (Å²) >= 11 is 1.04. The normalized spacial score (nSPS) is 16.1. The maximum Gasteiger partial charge on any atom is 0.305 e. The molecule has 5 heteroatoms. The van der Waals surface area contributed by atoms with E-state index < -0.39 is 0 Å². The molecule has 2 aromatic rings. The molecule has 2 heterocycles. The molecule has 0 radical (unpaired) electrons. The van der Waals surface area contributed by atoms with Crippen molar-refractivity contribution in [2.24, 2.45) is 5.92 Å². The van der Waals surface area contributed by atoms with Gasteiger partial charge in [0.2, 0.25) is 0 Å². The first-order chi connectivity index (χ1) is 10.2. The average molecular weight is 302 g/mol. The first-order valence-corrected chi connectivity index (χ1v) is 8.11. The number of aromatic amines is 1. The summed E-state index contributed by atoms with van der Waals surface area (Å²) in [6.07, 6.45) is 3.13. The third kappa shape index (κ3) is 3.42. The molecule has 110 valence electrons. The van der Waals surface area contributed by atoms with Gasteiger partial charge in [0.25, 0.3) is 5.91 Å². The number of likely N-dealkylation sites (tertiary alicyclic amines) is 1. The van der Waals surface area contributed by atoms with Gasteiger partial charge in [-0.1, -0.05) is 41.7 Å². The highest BCUT2D eigenvalue weighted by molar-refractivity contribution is 7.07. The smallest absolute Gasteiger partial charge is 0.305 e. The first kappa shape index (κ1) is 14.1. The maximum atomic E-state index is 12.2. The Morgan fingerprint density at radius 1 is 1.24 bits per heavy atom. The predicted molar refractivity (Wildman–Crippen MR) is 83.7 cm³/mol. The van der Waals surface area contributed by atoms with E-state index in [0.717, 1.165) is 43.7 Å². The number of carbonyl (C=O) groups excluding carboxylic acids is 1. The van der Waals surface area contributed by atoms with E-state index >= 15 is 0 Å². The van der Waals surface area contributed by atoms with Crippen molar-refractivity contribution in [3.8, 4) is 0 Å². The van der Waals surface area contributed by atoms with Gasteiger partial charge in [0.1, 0.15) is 5.69 Å². The lowest BCUT2D eigenvalue weighted by atomic mass is 9.90. The number of rotatable bonds is 3. The van der Waals surface area contributed by atoms with Crippen molar-refractivity contribution in [3.05, 3.63) is 56.6 Å². The van der Waals surface area contributed by atoms with Gasteiger partial charge < -0.3 is 9.88 Å². The second-order valence-electron chi connectivity index (χ2n) is 5.49. The number of amides is 1. The number of hydrogen-bond donors (Lipinski definition) is 1. The molecule has 0 aliphatic carbocycles. The van der Waals surface area contributed by atoms with Gasteiger partial charge in [-0.2, -0.15) is 0 Å². The van der Waals surface area contributed by atoms with Crippen molar-refractivity contribution in [1.29, 1.82) is 0 Å². The van der Waals surface area contributed by atoms with Crippen LogP contribution in [-0.2, 0) is 6.42 Å². The van der Waals surface area contributed by atoms with Crippen LogP contribution in [0.1, 0.15) is 28.9 Å². The minimum absolute atomic E-state index is 0.0495. The van der Waals surface area contributed by atoms with Gasteiger partial charge in [0, 0.05) is 18.5 Å². The molecule has 1 amide bonds. The number of hydrogen-bond acceptors (Lipinski definition) is 3. The fourth-order valence-corrected chi connectivity index (χ4v) is 3.40. The highest BCUT2D eigenvalue weighted by Gasteiger charge is 2.24. The van der Waals surface area contributed by atoms with E-state index in [1.807, 2.05) is 11.0 Å². The highest BCUT2D eigenvalue weighted by atomic mass is 32.1. The molecular weight excluding hydrogens is 284 g/mol. The number of carbonyl (C=O) groups is 1. The van der Waals surface area contributed by atoms with Gasteiger partial charge in [-0.05, 0) is 30.7 Å². The van der Waals surface area contributed by atoms with Gasteiger partial charge in [0.05, 0.1) is 0 Å². The topological polar surface area (TPSA) is 53.2 Å². The van der Waals surface area contributed by atoms with E-state index in [-0.39, 0.29) is 10.8 Å². The summed E-state index contributed by atoms with van der Waals surface area (Å²) < 4.78 is 0. The molecule has 4 nitrogen and oxygen atoms in total. The Morgan fingerprint density at radius 2 is 1.95 bits per heavy atom. The minimum Gasteiger partial charge on any atom is -0.337 e. The summed E-state index contributed by atoms with van der Waals surface area (Å²) in [6, 6.07) is 10.5. The van der Waals surface area contributed by atoms with Crippen molar-refractivity contribution in [3.63, 3.8) is 0 Å². The Balaban J connectivity index is 1.55. The number of nitrogens with zero attached hydrogens (tertiary/aromatic N) is 1. The first-order valence-electron chi connectivity index (χ1n) is 7.23. The third-order valence-electron chi connectivity index (χ3n) is 4.02. The van der Waals surface area contributed by atoms with E-state index in [2.05, 4.69) is 29.2 Å². The average Bonchev–Trinajstić information content (AvgIpc) is 2.95. The number of aromatic nitrogens is 1. The van der Waals surface area contributed by atoms with Crippen LogP contribution in [0.5, 0.6) is 0 Å².